The van der Waals surface area contributed by atoms with E-state index in [1.54, 1.807) is 0 Å². The Balaban J connectivity index is 2.51. The van der Waals surface area contributed by atoms with Crippen molar-refractivity contribution >= 4 is 11.8 Å². The van der Waals surface area contributed by atoms with Crippen LogP contribution in [0.3, 0.4) is 0 Å². The maximum absolute atomic E-state index is 11.3. The predicted octanol–water partition coefficient (Wildman–Crippen LogP) is 1.86. The van der Waals surface area contributed by atoms with Crippen molar-refractivity contribution in [3.8, 4) is 0 Å². The van der Waals surface area contributed by atoms with Crippen LogP contribution in [0.15, 0.2) is 0 Å². The van der Waals surface area contributed by atoms with Gasteiger partial charge in [-0.25, -0.2) is 0 Å². The summed E-state index contributed by atoms with van der Waals surface area (Å²) in [5, 5.41) is 8.80. The lowest BCUT2D eigenvalue weighted by Crippen LogP contribution is -2.26. The van der Waals surface area contributed by atoms with E-state index in [0.717, 1.165) is 19.3 Å². The molecule has 0 aromatic rings. The molecule has 1 fully saturated rings. The lowest BCUT2D eigenvalue weighted by atomic mass is 9.79. The highest BCUT2D eigenvalue weighted by molar-refractivity contribution is 5.81. The molecule has 0 aromatic heterocycles. The largest absolute Gasteiger partial charge is 0.481 e. The zero-order valence-corrected chi connectivity index (χ0v) is 7.95. The van der Waals surface area contributed by atoms with Crippen molar-refractivity contribution in [2.24, 2.45) is 11.8 Å². The van der Waals surface area contributed by atoms with Gasteiger partial charge in [-0.1, -0.05) is 13.3 Å². The molecule has 0 aromatic carbocycles. The fourth-order valence-corrected chi connectivity index (χ4v) is 2.00. The third-order valence-electron chi connectivity index (χ3n) is 2.83. The zero-order chi connectivity index (χ0) is 9.84. The Labute approximate surface area is 78.1 Å². The van der Waals surface area contributed by atoms with Gasteiger partial charge in [-0.15, -0.1) is 0 Å². The number of hydrogen-bond donors (Lipinski definition) is 1. The standard InChI is InChI=1S/C10H16O3/c1-2-9(11)7-4-3-5-8(6-7)10(12)13/h7-8H,2-6H2,1H3,(H,12,13). The van der Waals surface area contributed by atoms with Gasteiger partial charge in [0.2, 0.25) is 0 Å². The first-order valence-corrected chi connectivity index (χ1v) is 4.90. The van der Waals surface area contributed by atoms with E-state index in [4.69, 9.17) is 5.11 Å². The number of carboxylic acids is 1. The van der Waals surface area contributed by atoms with Crippen molar-refractivity contribution < 1.29 is 14.7 Å². The fraction of sp³-hybridized carbons (Fsp3) is 0.800. The Morgan fingerprint density at radius 3 is 2.46 bits per heavy atom. The summed E-state index contributed by atoms with van der Waals surface area (Å²) >= 11 is 0. The van der Waals surface area contributed by atoms with E-state index in [1.165, 1.54) is 0 Å². The lowest BCUT2D eigenvalue weighted by molar-refractivity contribution is -0.143. The van der Waals surface area contributed by atoms with Crippen LogP contribution < -0.4 is 0 Å². The first-order chi connectivity index (χ1) is 6.15. The van der Waals surface area contributed by atoms with Crippen LogP contribution in [0.5, 0.6) is 0 Å². The summed E-state index contributed by atoms with van der Waals surface area (Å²) < 4.78 is 0. The SMILES string of the molecule is CCC(=O)C1CCCC(C(=O)O)C1. The molecule has 1 aliphatic carbocycles. The van der Waals surface area contributed by atoms with Gasteiger partial charge in [0, 0.05) is 12.3 Å². The molecule has 13 heavy (non-hydrogen) atoms. The summed E-state index contributed by atoms with van der Waals surface area (Å²) in [6, 6.07) is 0. The molecule has 3 heteroatoms. The monoisotopic (exact) mass is 184 g/mol. The fourth-order valence-electron chi connectivity index (χ4n) is 2.00. The van der Waals surface area contributed by atoms with Crippen LogP contribution >= 0.6 is 0 Å². The highest BCUT2D eigenvalue weighted by Crippen LogP contribution is 2.30. The molecule has 0 radical (unpaired) electrons. The third-order valence-corrected chi connectivity index (χ3v) is 2.83. The Kier molecular flexibility index (Phi) is 3.46. The van der Waals surface area contributed by atoms with Crippen molar-refractivity contribution in [1.82, 2.24) is 0 Å². The van der Waals surface area contributed by atoms with Gasteiger partial charge in [-0.2, -0.15) is 0 Å². The second-order valence-corrected chi connectivity index (χ2v) is 3.72. The lowest BCUT2D eigenvalue weighted by Gasteiger charge is -2.25. The highest BCUT2D eigenvalue weighted by Gasteiger charge is 2.29. The molecule has 1 saturated carbocycles. The summed E-state index contributed by atoms with van der Waals surface area (Å²) in [5.74, 6) is -0.784. The van der Waals surface area contributed by atoms with E-state index in [-0.39, 0.29) is 17.6 Å². The Bertz CT molecular complexity index is 210. The number of rotatable bonds is 3. The Morgan fingerprint density at radius 1 is 1.31 bits per heavy atom. The van der Waals surface area contributed by atoms with Crippen LogP contribution in [0.1, 0.15) is 39.0 Å². The van der Waals surface area contributed by atoms with Crippen LogP contribution in [-0.2, 0) is 9.59 Å². The van der Waals surface area contributed by atoms with Gasteiger partial charge in [0.15, 0.2) is 0 Å². The van der Waals surface area contributed by atoms with Crippen LogP contribution in [0.2, 0.25) is 0 Å². The summed E-state index contributed by atoms with van der Waals surface area (Å²) in [6.45, 7) is 1.84. The molecule has 1 aliphatic rings. The minimum atomic E-state index is -0.742. The molecule has 0 spiro atoms. The smallest absolute Gasteiger partial charge is 0.306 e. The zero-order valence-electron chi connectivity index (χ0n) is 7.95. The van der Waals surface area contributed by atoms with Gasteiger partial charge < -0.3 is 5.11 Å². The van der Waals surface area contributed by atoms with E-state index in [2.05, 4.69) is 0 Å². The average molecular weight is 184 g/mol. The van der Waals surface area contributed by atoms with E-state index in [9.17, 15) is 9.59 Å². The van der Waals surface area contributed by atoms with Crippen LogP contribution in [0.4, 0.5) is 0 Å². The maximum atomic E-state index is 11.3. The molecular weight excluding hydrogens is 168 g/mol. The summed E-state index contributed by atoms with van der Waals surface area (Å²) in [4.78, 5) is 22.0. The van der Waals surface area contributed by atoms with Crippen molar-refractivity contribution in [2.45, 2.75) is 39.0 Å². The molecule has 2 unspecified atom stereocenters. The van der Waals surface area contributed by atoms with Crippen molar-refractivity contribution in [2.75, 3.05) is 0 Å². The van der Waals surface area contributed by atoms with Gasteiger partial charge in [0.05, 0.1) is 5.92 Å². The Morgan fingerprint density at radius 2 is 1.92 bits per heavy atom. The summed E-state index contributed by atoms with van der Waals surface area (Å²) in [6.07, 6.45) is 3.60. The number of hydrogen-bond acceptors (Lipinski definition) is 2. The summed E-state index contributed by atoms with van der Waals surface area (Å²) in [5.41, 5.74) is 0. The molecule has 0 bridgehead atoms. The minimum absolute atomic E-state index is 0.0137. The molecule has 1 rings (SSSR count). The van der Waals surface area contributed by atoms with Crippen molar-refractivity contribution in [3.63, 3.8) is 0 Å². The quantitative estimate of drug-likeness (QED) is 0.728. The molecule has 3 nitrogen and oxygen atoms in total. The number of carbonyl (C=O) groups excluding carboxylic acids is 1. The number of Topliss-reactive ketones (excluding diaryl/α,β-unsaturated/α-hetero) is 1. The number of carbonyl (C=O) groups is 2. The van der Waals surface area contributed by atoms with Gasteiger partial charge in [0.25, 0.3) is 0 Å². The molecule has 0 heterocycles. The van der Waals surface area contributed by atoms with Crippen LogP contribution in [0, 0.1) is 11.8 Å². The van der Waals surface area contributed by atoms with Gasteiger partial charge in [-0.05, 0) is 19.3 Å². The van der Waals surface area contributed by atoms with Gasteiger partial charge in [-0.3, -0.25) is 9.59 Å². The van der Waals surface area contributed by atoms with Gasteiger partial charge >= 0.3 is 5.97 Å². The van der Waals surface area contributed by atoms with Crippen molar-refractivity contribution in [3.05, 3.63) is 0 Å². The predicted molar refractivity (Wildman–Crippen MR) is 48.4 cm³/mol. The first-order valence-electron chi connectivity index (χ1n) is 4.90. The molecular formula is C10H16O3. The van der Waals surface area contributed by atoms with E-state index in [0.29, 0.717) is 12.8 Å². The third kappa shape index (κ3) is 2.54. The average Bonchev–Trinajstić information content (AvgIpc) is 2.17. The second-order valence-electron chi connectivity index (χ2n) is 3.72. The number of carboxylic acid groups (broad SMARTS) is 1. The van der Waals surface area contributed by atoms with E-state index in [1.807, 2.05) is 6.92 Å². The number of aliphatic carboxylic acids is 1. The topological polar surface area (TPSA) is 54.4 Å². The highest BCUT2D eigenvalue weighted by atomic mass is 16.4. The van der Waals surface area contributed by atoms with E-state index < -0.39 is 5.97 Å². The number of ketones is 1. The second kappa shape index (κ2) is 4.40. The molecule has 1 N–H and O–H groups in total. The van der Waals surface area contributed by atoms with Crippen LogP contribution in [-0.4, -0.2) is 16.9 Å². The normalized spacial score (nSPS) is 28.4. The molecule has 2 atom stereocenters. The molecule has 0 saturated heterocycles. The van der Waals surface area contributed by atoms with Gasteiger partial charge in [0.1, 0.15) is 5.78 Å². The van der Waals surface area contributed by atoms with E-state index >= 15 is 0 Å². The maximum Gasteiger partial charge on any atom is 0.306 e. The minimum Gasteiger partial charge on any atom is -0.481 e. The van der Waals surface area contributed by atoms with Crippen LogP contribution in [0.25, 0.3) is 0 Å². The van der Waals surface area contributed by atoms with Crippen molar-refractivity contribution in [1.29, 1.82) is 0 Å². The molecule has 0 aliphatic heterocycles. The Hall–Kier alpha value is -0.860. The first kappa shape index (κ1) is 10.2. The molecule has 74 valence electrons. The molecule has 0 amide bonds. The summed E-state index contributed by atoms with van der Waals surface area (Å²) in [7, 11) is 0.